The molecule has 0 unspecified atom stereocenters. The standard InChI is InChI=1S/C20H26N2O2/c1-12-21-15-10-13-6-7-17-19(2,14(13)11-16(15)22-12)8-5-9-20(17,3)18(23)24-4/h10-11,17H,5-9H2,1-4H3,(H,21,22)/t17-,19+,20-/m1/s1. The van der Waals surface area contributed by atoms with Crippen LogP contribution in [0.2, 0.25) is 0 Å². The van der Waals surface area contributed by atoms with Crippen LogP contribution < -0.4 is 0 Å². The fourth-order valence-corrected chi connectivity index (χ4v) is 5.58. The number of carbonyl (C=O) groups is 1. The van der Waals surface area contributed by atoms with Crippen LogP contribution in [0.5, 0.6) is 0 Å². The molecule has 0 saturated heterocycles. The van der Waals surface area contributed by atoms with E-state index < -0.39 is 0 Å². The number of carbonyl (C=O) groups excluding carboxylic acids is 1. The Morgan fingerprint density at radius 2 is 2.12 bits per heavy atom. The van der Waals surface area contributed by atoms with Gasteiger partial charge >= 0.3 is 5.97 Å². The molecule has 1 N–H and O–H groups in total. The summed E-state index contributed by atoms with van der Waals surface area (Å²) in [5.74, 6) is 1.24. The number of fused-ring (bicyclic) bond motifs is 4. The lowest BCUT2D eigenvalue weighted by Crippen LogP contribution is -2.52. The Balaban J connectivity index is 1.87. The number of ether oxygens (including phenoxy) is 1. The van der Waals surface area contributed by atoms with Crippen molar-refractivity contribution in [3.63, 3.8) is 0 Å². The minimum absolute atomic E-state index is 0.0236. The molecule has 1 fully saturated rings. The highest BCUT2D eigenvalue weighted by Crippen LogP contribution is 2.57. The molecular formula is C20H26N2O2. The van der Waals surface area contributed by atoms with E-state index in [0.29, 0.717) is 5.92 Å². The van der Waals surface area contributed by atoms with Gasteiger partial charge in [0.05, 0.1) is 23.6 Å². The predicted octanol–water partition coefficient (Wildman–Crippen LogP) is 4.05. The lowest BCUT2D eigenvalue weighted by atomic mass is 9.50. The van der Waals surface area contributed by atoms with Crippen LogP contribution in [-0.4, -0.2) is 23.0 Å². The average Bonchev–Trinajstić information content (AvgIpc) is 2.91. The van der Waals surface area contributed by atoms with Gasteiger partial charge in [0.1, 0.15) is 5.82 Å². The van der Waals surface area contributed by atoms with E-state index in [9.17, 15) is 4.79 Å². The third-order valence-corrected chi connectivity index (χ3v) is 6.73. The molecule has 2 aliphatic rings. The van der Waals surface area contributed by atoms with E-state index >= 15 is 0 Å². The van der Waals surface area contributed by atoms with E-state index in [1.165, 1.54) is 18.2 Å². The number of imidazole rings is 1. The average molecular weight is 326 g/mol. The predicted molar refractivity (Wildman–Crippen MR) is 94.0 cm³/mol. The topological polar surface area (TPSA) is 55.0 Å². The van der Waals surface area contributed by atoms with Crippen LogP contribution in [0.25, 0.3) is 11.0 Å². The quantitative estimate of drug-likeness (QED) is 0.804. The molecule has 0 bridgehead atoms. The second-order valence-corrected chi connectivity index (χ2v) is 8.12. The Hall–Kier alpha value is -1.84. The second-order valence-electron chi connectivity index (χ2n) is 8.12. The van der Waals surface area contributed by atoms with Crippen molar-refractivity contribution >= 4 is 17.0 Å². The first-order valence-electron chi connectivity index (χ1n) is 8.96. The number of nitrogens with zero attached hydrogens (tertiary/aromatic N) is 1. The summed E-state index contributed by atoms with van der Waals surface area (Å²) in [6.45, 7) is 6.46. The number of benzene rings is 1. The van der Waals surface area contributed by atoms with E-state index in [0.717, 1.165) is 49.0 Å². The lowest BCUT2D eigenvalue weighted by molar-refractivity contribution is -0.161. The molecule has 0 amide bonds. The number of aryl methyl sites for hydroxylation is 2. The molecule has 128 valence electrons. The van der Waals surface area contributed by atoms with Crippen molar-refractivity contribution in [2.75, 3.05) is 7.11 Å². The summed E-state index contributed by atoms with van der Waals surface area (Å²) in [5.41, 5.74) is 4.62. The van der Waals surface area contributed by atoms with E-state index in [-0.39, 0.29) is 16.8 Å². The smallest absolute Gasteiger partial charge is 0.311 e. The molecule has 1 heterocycles. The minimum atomic E-state index is -0.379. The van der Waals surface area contributed by atoms with Crippen LogP contribution >= 0.6 is 0 Å². The fourth-order valence-electron chi connectivity index (χ4n) is 5.58. The summed E-state index contributed by atoms with van der Waals surface area (Å²) in [7, 11) is 1.52. The highest BCUT2D eigenvalue weighted by Gasteiger charge is 2.55. The minimum Gasteiger partial charge on any atom is -0.469 e. The zero-order chi connectivity index (χ0) is 17.1. The Bertz CT molecular complexity index is 824. The number of hydrogen-bond acceptors (Lipinski definition) is 3. The lowest BCUT2D eigenvalue weighted by Gasteiger charge is -2.54. The zero-order valence-corrected chi connectivity index (χ0v) is 15.0. The third kappa shape index (κ3) is 1.98. The fraction of sp³-hybridized carbons (Fsp3) is 0.600. The maximum absolute atomic E-state index is 12.6. The van der Waals surface area contributed by atoms with Gasteiger partial charge in [0.25, 0.3) is 0 Å². The molecule has 1 saturated carbocycles. The van der Waals surface area contributed by atoms with E-state index in [4.69, 9.17) is 4.74 Å². The summed E-state index contributed by atoms with van der Waals surface area (Å²) in [4.78, 5) is 20.6. The summed E-state index contributed by atoms with van der Waals surface area (Å²) in [6, 6.07) is 4.54. The van der Waals surface area contributed by atoms with Gasteiger partial charge in [-0.15, -0.1) is 0 Å². The van der Waals surface area contributed by atoms with Crippen LogP contribution in [0.1, 0.15) is 56.5 Å². The summed E-state index contributed by atoms with van der Waals surface area (Å²) in [5, 5.41) is 0. The van der Waals surface area contributed by atoms with Crippen LogP contribution in [0.3, 0.4) is 0 Å². The molecule has 2 aliphatic carbocycles. The molecule has 1 aromatic carbocycles. The second kappa shape index (κ2) is 5.08. The van der Waals surface area contributed by atoms with E-state index in [1.54, 1.807) is 0 Å². The molecule has 3 atom stereocenters. The Morgan fingerprint density at radius 1 is 1.33 bits per heavy atom. The van der Waals surface area contributed by atoms with Gasteiger partial charge in [0.2, 0.25) is 0 Å². The largest absolute Gasteiger partial charge is 0.469 e. The number of rotatable bonds is 1. The van der Waals surface area contributed by atoms with Gasteiger partial charge in [-0.25, -0.2) is 4.98 Å². The molecule has 0 radical (unpaired) electrons. The molecule has 4 nitrogen and oxygen atoms in total. The molecular weight excluding hydrogens is 300 g/mol. The van der Waals surface area contributed by atoms with Crippen LogP contribution in [-0.2, 0) is 21.4 Å². The van der Waals surface area contributed by atoms with Crippen molar-refractivity contribution in [2.24, 2.45) is 11.3 Å². The molecule has 0 aliphatic heterocycles. The highest BCUT2D eigenvalue weighted by atomic mass is 16.5. The first-order valence-corrected chi connectivity index (χ1v) is 8.96. The van der Waals surface area contributed by atoms with Crippen molar-refractivity contribution in [2.45, 2.75) is 58.3 Å². The molecule has 24 heavy (non-hydrogen) atoms. The molecule has 4 heteroatoms. The van der Waals surface area contributed by atoms with Crippen LogP contribution in [0, 0.1) is 18.3 Å². The normalized spacial score (nSPS) is 32.2. The Morgan fingerprint density at radius 3 is 2.88 bits per heavy atom. The first kappa shape index (κ1) is 15.7. The van der Waals surface area contributed by atoms with E-state index in [2.05, 4.69) is 35.9 Å². The molecule has 2 aromatic rings. The van der Waals surface area contributed by atoms with Crippen molar-refractivity contribution in [1.82, 2.24) is 9.97 Å². The van der Waals surface area contributed by atoms with Gasteiger partial charge < -0.3 is 9.72 Å². The van der Waals surface area contributed by atoms with Crippen molar-refractivity contribution in [3.05, 3.63) is 29.1 Å². The number of methoxy groups -OCH3 is 1. The Labute approximate surface area is 143 Å². The third-order valence-electron chi connectivity index (χ3n) is 6.73. The number of H-pyrrole nitrogens is 1. The van der Waals surface area contributed by atoms with Crippen molar-refractivity contribution in [1.29, 1.82) is 0 Å². The number of aromatic amines is 1. The molecule has 4 rings (SSSR count). The number of esters is 1. The van der Waals surface area contributed by atoms with Gasteiger partial charge in [0.15, 0.2) is 0 Å². The van der Waals surface area contributed by atoms with Gasteiger partial charge in [-0.3, -0.25) is 4.79 Å². The number of hydrogen-bond donors (Lipinski definition) is 1. The SMILES string of the molecule is COC(=O)[C@]1(C)CCC[C@@]2(C)c3cc4nc(C)[nH]c4cc3CC[C@@H]12. The monoisotopic (exact) mass is 326 g/mol. The molecule has 1 aromatic heterocycles. The van der Waals surface area contributed by atoms with Gasteiger partial charge in [0, 0.05) is 0 Å². The van der Waals surface area contributed by atoms with Gasteiger partial charge in [-0.1, -0.05) is 13.3 Å². The highest BCUT2D eigenvalue weighted by molar-refractivity contribution is 5.80. The first-order chi connectivity index (χ1) is 11.4. The summed E-state index contributed by atoms with van der Waals surface area (Å²) in [6.07, 6.45) is 5.20. The van der Waals surface area contributed by atoms with E-state index in [1.807, 2.05) is 6.92 Å². The number of nitrogens with one attached hydrogen (secondary N) is 1. The summed E-state index contributed by atoms with van der Waals surface area (Å²) >= 11 is 0. The Kier molecular flexibility index (Phi) is 3.32. The van der Waals surface area contributed by atoms with Crippen molar-refractivity contribution in [3.8, 4) is 0 Å². The zero-order valence-electron chi connectivity index (χ0n) is 15.0. The maximum atomic E-state index is 12.6. The van der Waals surface area contributed by atoms with Crippen LogP contribution in [0.15, 0.2) is 12.1 Å². The van der Waals surface area contributed by atoms with Crippen LogP contribution in [0.4, 0.5) is 0 Å². The van der Waals surface area contributed by atoms with Gasteiger partial charge in [-0.05, 0) is 74.1 Å². The van der Waals surface area contributed by atoms with Gasteiger partial charge in [-0.2, -0.15) is 0 Å². The molecule has 0 spiro atoms. The van der Waals surface area contributed by atoms with Crippen molar-refractivity contribution < 1.29 is 9.53 Å². The maximum Gasteiger partial charge on any atom is 0.311 e. The summed E-state index contributed by atoms with van der Waals surface area (Å²) < 4.78 is 5.19. The number of aromatic nitrogens is 2.